The summed E-state index contributed by atoms with van der Waals surface area (Å²) in [6, 6.07) is 27.0. The Hall–Kier alpha value is -4.58. The van der Waals surface area contributed by atoms with E-state index in [-0.39, 0.29) is 0 Å². The van der Waals surface area contributed by atoms with Gasteiger partial charge in [-0.1, -0.05) is 42.5 Å². The second-order valence-electron chi connectivity index (χ2n) is 8.38. The molecular weight excluding hydrogens is 398 g/mol. The maximum Gasteiger partial charge on any atom is 0.223 e. The Balaban J connectivity index is 1.73. The van der Waals surface area contributed by atoms with Gasteiger partial charge in [0.05, 0.1) is 27.6 Å². The zero-order chi connectivity index (χ0) is 20.6. The number of fused-ring (bicyclic) bond motifs is 14. The van der Waals surface area contributed by atoms with Gasteiger partial charge in [-0.25, -0.2) is 14.4 Å². The summed E-state index contributed by atoms with van der Waals surface area (Å²) in [5.41, 5.74) is 9.08. The number of aromatic nitrogens is 5. The third-order valence-electron chi connectivity index (χ3n) is 6.77. The average Bonchev–Trinajstić information content (AvgIpc) is 3.59. The number of furan rings is 1. The third kappa shape index (κ3) is 1.50. The molecule has 0 atom stereocenters. The first-order chi connectivity index (χ1) is 15.9. The summed E-state index contributed by atoms with van der Waals surface area (Å²) < 4.78 is 13.1. The van der Waals surface area contributed by atoms with Crippen molar-refractivity contribution in [2.24, 2.45) is 0 Å². The Bertz CT molecular complexity index is 2200. The molecule has 6 heteroatoms. The maximum atomic E-state index is 6.46. The van der Waals surface area contributed by atoms with E-state index in [0.29, 0.717) is 0 Å². The van der Waals surface area contributed by atoms with Gasteiger partial charge < -0.3 is 4.42 Å². The Morgan fingerprint density at radius 2 is 1.22 bits per heavy atom. The molecule has 0 aliphatic carbocycles. The molecule has 0 unspecified atom stereocenters. The van der Waals surface area contributed by atoms with E-state index >= 15 is 0 Å². The summed E-state index contributed by atoms with van der Waals surface area (Å²) in [4.78, 5) is 10.0. The van der Waals surface area contributed by atoms with Gasteiger partial charge in [-0.15, -0.1) is 0 Å². The molecule has 0 N–H and O–H groups in total. The average molecular weight is 411 g/mol. The Labute approximate surface area is 178 Å². The lowest BCUT2D eigenvalue weighted by molar-refractivity contribution is 0.671. The van der Waals surface area contributed by atoms with Crippen LogP contribution in [0, 0.1) is 0 Å². The molecular formula is C26H13N5O. The van der Waals surface area contributed by atoms with Crippen LogP contribution in [0.2, 0.25) is 0 Å². The fourth-order valence-electron chi connectivity index (χ4n) is 5.49. The number of hydrogen-bond acceptors (Lipinski definition) is 3. The zero-order valence-corrected chi connectivity index (χ0v) is 16.6. The van der Waals surface area contributed by atoms with Crippen LogP contribution < -0.4 is 0 Å². The largest absolute Gasteiger partial charge is 0.454 e. The fraction of sp³-hybridized carbons (Fsp3) is 0. The van der Waals surface area contributed by atoms with Crippen LogP contribution in [0.1, 0.15) is 0 Å². The molecule has 0 aliphatic heterocycles. The third-order valence-corrected chi connectivity index (χ3v) is 6.77. The van der Waals surface area contributed by atoms with E-state index in [1.807, 2.05) is 24.3 Å². The van der Waals surface area contributed by atoms with Crippen LogP contribution in [-0.2, 0) is 0 Å². The lowest BCUT2D eigenvalue weighted by Crippen LogP contribution is -1.87. The van der Waals surface area contributed by atoms with Crippen molar-refractivity contribution in [3.8, 4) is 0 Å². The normalized spacial score (nSPS) is 13.0. The molecule has 0 bridgehead atoms. The zero-order valence-electron chi connectivity index (χ0n) is 16.6. The van der Waals surface area contributed by atoms with Crippen LogP contribution in [0.4, 0.5) is 0 Å². The monoisotopic (exact) mass is 411 g/mol. The standard InChI is InChI=1S/C26H13N5O/c1-6-12-21-14(7-1)15-13-20-22-23(24(15)32-21)30-19-11-5-3-9-17(19)28-26(30)31(22)25-27-16-8-2-4-10-18(16)29(20)25/h1-13H. The molecule has 0 radical (unpaired) electrons. The minimum Gasteiger partial charge on any atom is -0.454 e. The number of benzene rings is 4. The Morgan fingerprint density at radius 3 is 2.03 bits per heavy atom. The van der Waals surface area contributed by atoms with Crippen LogP contribution in [0.5, 0.6) is 0 Å². The van der Waals surface area contributed by atoms with Crippen molar-refractivity contribution in [2.45, 2.75) is 0 Å². The second kappa shape index (κ2) is 4.84. The summed E-state index contributed by atoms with van der Waals surface area (Å²) in [5.74, 6) is 1.72. The van der Waals surface area contributed by atoms with Crippen LogP contribution in [0.25, 0.3) is 72.1 Å². The molecule has 9 aromatic rings. The highest BCUT2D eigenvalue weighted by atomic mass is 16.3. The van der Waals surface area contributed by atoms with E-state index in [0.717, 1.165) is 72.1 Å². The Kier molecular flexibility index (Phi) is 2.31. The number of hydrogen-bond donors (Lipinski definition) is 0. The maximum absolute atomic E-state index is 6.46. The molecule has 9 rings (SSSR count). The number of rotatable bonds is 0. The molecule has 5 aromatic heterocycles. The van der Waals surface area contributed by atoms with Crippen LogP contribution in [0.3, 0.4) is 0 Å². The van der Waals surface area contributed by atoms with E-state index < -0.39 is 0 Å². The lowest BCUT2D eigenvalue weighted by atomic mass is 10.1. The van der Waals surface area contributed by atoms with Crippen molar-refractivity contribution >= 4 is 72.1 Å². The highest BCUT2D eigenvalue weighted by molar-refractivity contribution is 6.20. The van der Waals surface area contributed by atoms with Gasteiger partial charge in [-0.2, -0.15) is 0 Å². The van der Waals surface area contributed by atoms with E-state index in [1.165, 1.54) is 0 Å². The van der Waals surface area contributed by atoms with Crippen molar-refractivity contribution in [1.82, 2.24) is 23.2 Å². The van der Waals surface area contributed by atoms with Gasteiger partial charge in [0.1, 0.15) is 16.6 Å². The molecule has 0 fully saturated rings. The molecule has 0 aliphatic rings. The summed E-state index contributed by atoms with van der Waals surface area (Å²) in [5, 5.41) is 2.22. The SMILES string of the molecule is c1ccc2c(c1)nc1n2c2cc3c4ccccc4oc3c3c2n1c1nc2ccccc2n31. The fourth-order valence-corrected chi connectivity index (χ4v) is 5.49. The van der Waals surface area contributed by atoms with Crippen molar-refractivity contribution in [3.63, 3.8) is 0 Å². The van der Waals surface area contributed by atoms with Gasteiger partial charge in [-0.05, 0) is 36.4 Å². The molecule has 6 nitrogen and oxygen atoms in total. The van der Waals surface area contributed by atoms with Crippen molar-refractivity contribution in [1.29, 1.82) is 0 Å². The Morgan fingerprint density at radius 1 is 0.562 bits per heavy atom. The predicted molar refractivity (Wildman–Crippen MR) is 126 cm³/mol. The lowest BCUT2D eigenvalue weighted by Gasteiger charge is -1.99. The molecule has 0 spiro atoms. The quantitative estimate of drug-likeness (QED) is 0.306. The topological polar surface area (TPSA) is 52.2 Å². The summed E-state index contributed by atoms with van der Waals surface area (Å²) in [6.45, 7) is 0. The van der Waals surface area contributed by atoms with Gasteiger partial charge in [0, 0.05) is 10.8 Å². The summed E-state index contributed by atoms with van der Waals surface area (Å²) in [6.07, 6.45) is 0. The molecule has 4 aromatic carbocycles. The van der Waals surface area contributed by atoms with Crippen LogP contribution in [-0.4, -0.2) is 23.2 Å². The highest BCUT2D eigenvalue weighted by Crippen LogP contribution is 2.41. The number of para-hydroxylation sites is 5. The van der Waals surface area contributed by atoms with E-state index in [1.54, 1.807) is 0 Å². The van der Waals surface area contributed by atoms with Crippen LogP contribution >= 0.6 is 0 Å². The van der Waals surface area contributed by atoms with E-state index in [9.17, 15) is 0 Å². The van der Waals surface area contributed by atoms with E-state index in [4.69, 9.17) is 14.4 Å². The number of nitrogens with zero attached hydrogens (tertiary/aromatic N) is 5. The molecule has 0 saturated carbocycles. The highest BCUT2D eigenvalue weighted by Gasteiger charge is 2.27. The summed E-state index contributed by atoms with van der Waals surface area (Å²) in [7, 11) is 0. The van der Waals surface area contributed by atoms with Crippen molar-refractivity contribution in [2.75, 3.05) is 0 Å². The molecule has 5 heterocycles. The summed E-state index contributed by atoms with van der Waals surface area (Å²) >= 11 is 0. The minimum absolute atomic E-state index is 0.851. The first kappa shape index (κ1) is 15.3. The molecule has 0 saturated heterocycles. The smallest absolute Gasteiger partial charge is 0.223 e. The first-order valence-corrected chi connectivity index (χ1v) is 10.6. The molecule has 148 valence electrons. The van der Waals surface area contributed by atoms with Gasteiger partial charge in [0.15, 0.2) is 5.58 Å². The second-order valence-corrected chi connectivity index (χ2v) is 8.38. The predicted octanol–water partition coefficient (Wildman–Crippen LogP) is 6.03. The van der Waals surface area contributed by atoms with Gasteiger partial charge >= 0.3 is 0 Å². The van der Waals surface area contributed by atoms with Crippen LogP contribution in [0.15, 0.2) is 83.3 Å². The van der Waals surface area contributed by atoms with Crippen molar-refractivity contribution in [3.05, 3.63) is 78.9 Å². The first-order valence-electron chi connectivity index (χ1n) is 10.6. The van der Waals surface area contributed by atoms with Gasteiger partial charge in [-0.3, -0.25) is 8.80 Å². The van der Waals surface area contributed by atoms with Crippen molar-refractivity contribution < 1.29 is 4.42 Å². The van der Waals surface area contributed by atoms with Gasteiger partial charge in [0.2, 0.25) is 11.6 Å². The van der Waals surface area contributed by atoms with Gasteiger partial charge in [0.25, 0.3) is 0 Å². The minimum atomic E-state index is 0.851. The molecule has 32 heavy (non-hydrogen) atoms. The van der Waals surface area contributed by atoms with E-state index in [2.05, 4.69) is 67.8 Å². The number of imidazole rings is 4. The molecule has 0 amide bonds.